The van der Waals surface area contributed by atoms with Gasteiger partial charge in [0, 0.05) is 11.1 Å². The van der Waals surface area contributed by atoms with Gasteiger partial charge in [-0.1, -0.05) is 60.7 Å². The van der Waals surface area contributed by atoms with E-state index in [0.717, 1.165) is 16.7 Å². The molecule has 170 valence electrons. The lowest BCUT2D eigenvalue weighted by Crippen LogP contribution is -2.47. The summed E-state index contributed by atoms with van der Waals surface area (Å²) in [5.41, 5.74) is 3.73. The number of rotatable bonds is 9. The number of benzene rings is 3. The van der Waals surface area contributed by atoms with E-state index in [-0.39, 0.29) is 11.8 Å². The Morgan fingerprint density at radius 1 is 0.879 bits per heavy atom. The minimum Gasteiger partial charge on any atom is -0.492 e. The molecule has 0 radical (unpaired) electrons. The van der Waals surface area contributed by atoms with Gasteiger partial charge in [0.05, 0.1) is 12.1 Å². The van der Waals surface area contributed by atoms with Crippen LogP contribution in [0.25, 0.3) is 5.57 Å². The molecule has 3 aromatic rings. The molecule has 0 unspecified atom stereocenters. The van der Waals surface area contributed by atoms with Crippen LogP contribution in [0.5, 0.6) is 5.75 Å². The highest BCUT2D eigenvalue weighted by Gasteiger charge is 2.23. The van der Waals surface area contributed by atoms with Gasteiger partial charge < -0.3 is 15.4 Å². The fraction of sp³-hybridized carbons (Fsp3) is 0.214. The van der Waals surface area contributed by atoms with Crippen LogP contribution in [0.1, 0.15) is 47.8 Å². The molecule has 3 aromatic carbocycles. The molecule has 2 N–H and O–H groups in total. The van der Waals surface area contributed by atoms with Gasteiger partial charge in [-0.3, -0.25) is 4.79 Å². The summed E-state index contributed by atoms with van der Waals surface area (Å²) in [6.45, 7) is 10.5. The third-order valence-corrected chi connectivity index (χ3v) is 5.31. The quantitative estimate of drug-likeness (QED) is 0.337. The van der Waals surface area contributed by atoms with Gasteiger partial charge >= 0.3 is 6.03 Å². The Morgan fingerprint density at radius 2 is 1.52 bits per heavy atom. The average molecular weight is 443 g/mol. The normalized spacial score (nSPS) is 10.9. The maximum atomic E-state index is 12.5. The van der Waals surface area contributed by atoms with E-state index in [1.807, 2.05) is 63.2 Å². The molecule has 0 aliphatic heterocycles. The smallest absolute Gasteiger partial charge is 0.315 e. The number of hydrogen-bond acceptors (Lipinski definition) is 3. The molecular weight excluding hydrogens is 412 g/mol. The number of allylic oxidation sites excluding steroid dienone is 1. The fourth-order valence-electron chi connectivity index (χ4n) is 3.37. The van der Waals surface area contributed by atoms with Crippen molar-refractivity contribution < 1.29 is 14.3 Å². The second kappa shape index (κ2) is 10.6. The van der Waals surface area contributed by atoms with Gasteiger partial charge in [0.15, 0.2) is 5.78 Å². The first-order chi connectivity index (χ1) is 15.8. The number of nitrogens with one attached hydrogen (secondary N) is 2. The first kappa shape index (κ1) is 23.8. The molecule has 5 nitrogen and oxygen atoms in total. The van der Waals surface area contributed by atoms with Gasteiger partial charge in [0.1, 0.15) is 12.4 Å². The molecule has 0 aliphatic rings. The average Bonchev–Trinajstić information content (AvgIpc) is 2.82. The van der Waals surface area contributed by atoms with E-state index < -0.39 is 5.54 Å². The molecule has 2 amide bonds. The van der Waals surface area contributed by atoms with Crippen LogP contribution in [0.3, 0.4) is 0 Å². The molecule has 0 heterocycles. The predicted molar refractivity (Wildman–Crippen MR) is 133 cm³/mol. The monoisotopic (exact) mass is 442 g/mol. The molecule has 0 aliphatic carbocycles. The molecule has 0 saturated heterocycles. The van der Waals surface area contributed by atoms with Crippen molar-refractivity contribution in [1.29, 1.82) is 0 Å². The Hall–Kier alpha value is -3.86. The first-order valence-corrected chi connectivity index (χ1v) is 10.9. The zero-order valence-corrected chi connectivity index (χ0v) is 19.4. The Morgan fingerprint density at radius 3 is 2.18 bits per heavy atom. The zero-order chi connectivity index (χ0) is 23.8. The molecule has 0 fully saturated rings. The van der Waals surface area contributed by atoms with Crippen molar-refractivity contribution >= 4 is 17.4 Å². The lowest BCUT2D eigenvalue weighted by molar-refractivity contribution is 0.103. The Kier molecular flexibility index (Phi) is 7.67. The summed E-state index contributed by atoms with van der Waals surface area (Å²) in [6.07, 6.45) is 0. The van der Waals surface area contributed by atoms with Crippen molar-refractivity contribution in [2.24, 2.45) is 0 Å². The molecule has 5 heteroatoms. The van der Waals surface area contributed by atoms with Crippen molar-refractivity contribution in [3.63, 3.8) is 0 Å². The third kappa shape index (κ3) is 6.56. The van der Waals surface area contributed by atoms with E-state index in [4.69, 9.17) is 4.74 Å². The fourth-order valence-corrected chi connectivity index (χ4v) is 3.37. The van der Waals surface area contributed by atoms with Crippen molar-refractivity contribution in [2.75, 3.05) is 13.2 Å². The van der Waals surface area contributed by atoms with Crippen molar-refractivity contribution in [3.8, 4) is 5.75 Å². The molecule has 33 heavy (non-hydrogen) atoms. The topological polar surface area (TPSA) is 67.4 Å². The number of carbonyl (C=O) groups excluding carboxylic acids is 2. The number of carbonyl (C=O) groups is 2. The SMILES string of the molecule is C=C(C)c1cccc(C(C)(C)NC(=O)NCCOc2ccc(C(=O)c3ccccc3)cc2)c1. The van der Waals surface area contributed by atoms with Gasteiger partial charge in [-0.15, -0.1) is 0 Å². The number of urea groups is 1. The van der Waals surface area contributed by atoms with Crippen LogP contribution in [0, 0.1) is 0 Å². The summed E-state index contributed by atoms with van der Waals surface area (Å²) in [5, 5.41) is 5.82. The summed E-state index contributed by atoms with van der Waals surface area (Å²) in [4.78, 5) is 24.8. The van der Waals surface area contributed by atoms with Gasteiger partial charge in [0.25, 0.3) is 0 Å². The predicted octanol–water partition coefficient (Wildman–Crippen LogP) is 5.56. The van der Waals surface area contributed by atoms with E-state index in [9.17, 15) is 9.59 Å². The Balaban J connectivity index is 1.46. The highest BCUT2D eigenvalue weighted by molar-refractivity contribution is 6.08. The van der Waals surface area contributed by atoms with Crippen LogP contribution >= 0.6 is 0 Å². The van der Waals surface area contributed by atoms with Crippen LogP contribution < -0.4 is 15.4 Å². The summed E-state index contributed by atoms with van der Waals surface area (Å²) in [5.74, 6) is 0.607. The van der Waals surface area contributed by atoms with Crippen LogP contribution in [-0.2, 0) is 5.54 Å². The second-order valence-corrected chi connectivity index (χ2v) is 8.44. The standard InChI is InChI=1S/C28H30N2O3/c1-20(2)23-11-8-12-24(19-23)28(3,4)30-27(32)29-17-18-33-25-15-13-22(14-16-25)26(31)21-9-6-5-7-10-21/h5-16,19H,1,17-18H2,2-4H3,(H2,29,30,32). The molecule has 0 bridgehead atoms. The summed E-state index contributed by atoms with van der Waals surface area (Å²) >= 11 is 0. The Bertz CT molecular complexity index is 1120. The lowest BCUT2D eigenvalue weighted by atomic mass is 9.92. The minimum atomic E-state index is -0.544. The van der Waals surface area contributed by atoms with Crippen molar-refractivity contribution in [1.82, 2.24) is 10.6 Å². The lowest BCUT2D eigenvalue weighted by Gasteiger charge is -2.27. The highest BCUT2D eigenvalue weighted by atomic mass is 16.5. The number of ether oxygens (including phenoxy) is 1. The zero-order valence-electron chi connectivity index (χ0n) is 19.4. The maximum Gasteiger partial charge on any atom is 0.315 e. The van der Waals surface area contributed by atoms with E-state index >= 15 is 0 Å². The van der Waals surface area contributed by atoms with Crippen LogP contribution in [0.2, 0.25) is 0 Å². The Labute approximate surface area is 195 Å². The molecule has 0 spiro atoms. The molecule has 0 atom stereocenters. The van der Waals surface area contributed by atoms with Crippen LogP contribution in [0.15, 0.2) is 85.4 Å². The molecule has 3 rings (SSSR count). The second-order valence-electron chi connectivity index (χ2n) is 8.44. The van der Waals surface area contributed by atoms with E-state index in [1.54, 1.807) is 36.4 Å². The third-order valence-electron chi connectivity index (χ3n) is 5.31. The first-order valence-electron chi connectivity index (χ1n) is 10.9. The number of amides is 2. The van der Waals surface area contributed by atoms with E-state index in [1.165, 1.54) is 0 Å². The van der Waals surface area contributed by atoms with Crippen LogP contribution in [0.4, 0.5) is 4.79 Å². The summed E-state index contributed by atoms with van der Waals surface area (Å²) in [6, 6.07) is 23.9. The van der Waals surface area contributed by atoms with Gasteiger partial charge in [-0.05, 0) is 62.2 Å². The molecular formula is C28H30N2O3. The van der Waals surface area contributed by atoms with Gasteiger partial charge in [-0.2, -0.15) is 0 Å². The highest BCUT2D eigenvalue weighted by Crippen LogP contribution is 2.23. The van der Waals surface area contributed by atoms with Crippen molar-refractivity contribution in [2.45, 2.75) is 26.3 Å². The van der Waals surface area contributed by atoms with Gasteiger partial charge in [-0.25, -0.2) is 4.79 Å². The molecule has 0 aromatic heterocycles. The largest absolute Gasteiger partial charge is 0.492 e. The summed E-state index contributed by atoms with van der Waals surface area (Å²) < 4.78 is 5.69. The minimum absolute atomic E-state index is 0.0307. The van der Waals surface area contributed by atoms with Gasteiger partial charge in [0.2, 0.25) is 0 Å². The number of ketones is 1. The van der Waals surface area contributed by atoms with Crippen LogP contribution in [-0.4, -0.2) is 25.0 Å². The number of hydrogen-bond donors (Lipinski definition) is 2. The van der Waals surface area contributed by atoms with E-state index in [2.05, 4.69) is 17.2 Å². The van der Waals surface area contributed by atoms with Crippen molar-refractivity contribution in [3.05, 3.63) is 108 Å². The van der Waals surface area contributed by atoms with E-state index in [0.29, 0.717) is 30.0 Å². The summed E-state index contributed by atoms with van der Waals surface area (Å²) in [7, 11) is 0. The molecule has 0 saturated carbocycles. The maximum absolute atomic E-state index is 12.5.